The number of hydrogen-bond donors (Lipinski definition) is 1. The van der Waals surface area contributed by atoms with Crippen LogP contribution in [0.4, 0.5) is 10.1 Å². The molecule has 0 fully saturated rings. The summed E-state index contributed by atoms with van der Waals surface area (Å²) >= 11 is 2.11. The third kappa shape index (κ3) is 5.45. The highest BCUT2D eigenvalue weighted by molar-refractivity contribution is 14.1. The average molecular weight is 462 g/mol. The normalized spacial score (nSPS) is 11.1. The Bertz CT molecular complexity index is 808. The average Bonchev–Trinajstić information content (AvgIpc) is 2.52. The molecule has 0 saturated carbocycles. The molecule has 5 nitrogen and oxygen atoms in total. The fourth-order valence-corrected chi connectivity index (χ4v) is 3.21. The summed E-state index contributed by atoms with van der Waals surface area (Å²) in [6, 6.07) is 12.6. The number of anilines is 1. The van der Waals surface area contributed by atoms with Gasteiger partial charge >= 0.3 is 0 Å². The van der Waals surface area contributed by atoms with Crippen LogP contribution in [0, 0.1) is 9.39 Å². The molecule has 2 aromatic rings. The molecule has 0 spiro atoms. The van der Waals surface area contributed by atoms with Gasteiger partial charge in [-0.05, 0) is 64.6 Å². The fraction of sp³-hybridized carbons (Fsp3) is 0.188. The standard InChI is InChI=1S/C16H16FIN2O3S/c1-24(22,23)20(15-8-6-14(18)7-9-15)11-16(21)19-10-12-2-4-13(17)5-3-12/h2-9H,10-11H2,1H3,(H,19,21). The molecule has 2 aromatic carbocycles. The van der Waals surface area contributed by atoms with Crippen LogP contribution in [0.15, 0.2) is 48.5 Å². The number of carbonyl (C=O) groups is 1. The summed E-state index contributed by atoms with van der Waals surface area (Å²) < 4.78 is 38.8. The van der Waals surface area contributed by atoms with E-state index in [1.165, 1.54) is 12.1 Å². The van der Waals surface area contributed by atoms with E-state index in [2.05, 4.69) is 27.9 Å². The van der Waals surface area contributed by atoms with Gasteiger partial charge in [-0.3, -0.25) is 9.10 Å². The van der Waals surface area contributed by atoms with Gasteiger partial charge in [-0.1, -0.05) is 12.1 Å². The van der Waals surface area contributed by atoms with Crippen LogP contribution in [0.2, 0.25) is 0 Å². The van der Waals surface area contributed by atoms with Gasteiger partial charge in [-0.25, -0.2) is 12.8 Å². The Morgan fingerprint density at radius 3 is 2.25 bits per heavy atom. The van der Waals surface area contributed by atoms with Crippen molar-refractivity contribution >= 4 is 44.2 Å². The van der Waals surface area contributed by atoms with Gasteiger partial charge in [-0.2, -0.15) is 0 Å². The topological polar surface area (TPSA) is 66.5 Å². The zero-order valence-corrected chi connectivity index (χ0v) is 15.8. The third-order valence-electron chi connectivity index (χ3n) is 3.21. The summed E-state index contributed by atoms with van der Waals surface area (Å²) in [4.78, 5) is 12.1. The van der Waals surface area contributed by atoms with Crippen LogP contribution in [0.1, 0.15) is 5.56 Å². The number of amides is 1. The van der Waals surface area contributed by atoms with Gasteiger partial charge in [0, 0.05) is 10.1 Å². The quantitative estimate of drug-likeness (QED) is 0.672. The van der Waals surface area contributed by atoms with Gasteiger partial charge in [0.1, 0.15) is 12.4 Å². The van der Waals surface area contributed by atoms with Crippen LogP contribution in [0.3, 0.4) is 0 Å². The second-order valence-electron chi connectivity index (χ2n) is 5.15. The monoisotopic (exact) mass is 462 g/mol. The molecule has 128 valence electrons. The predicted molar refractivity (Wildman–Crippen MR) is 99.6 cm³/mol. The van der Waals surface area contributed by atoms with Crippen molar-refractivity contribution in [2.75, 3.05) is 17.1 Å². The van der Waals surface area contributed by atoms with E-state index in [4.69, 9.17) is 0 Å². The van der Waals surface area contributed by atoms with Gasteiger partial charge in [0.2, 0.25) is 15.9 Å². The molecule has 1 amide bonds. The van der Waals surface area contributed by atoms with Crippen molar-refractivity contribution in [1.29, 1.82) is 0 Å². The SMILES string of the molecule is CS(=O)(=O)N(CC(=O)NCc1ccc(F)cc1)c1ccc(I)cc1. The Morgan fingerprint density at radius 2 is 1.71 bits per heavy atom. The Kier molecular flexibility index (Phi) is 6.16. The molecule has 2 rings (SSSR count). The van der Waals surface area contributed by atoms with E-state index in [9.17, 15) is 17.6 Å². The Morgan fingerprint density at radius 1 is 1.12 bits per heavy atom. The van der Waals surface area contributed by atoms with E-state index in [0.29, 0.717) is 5.69 Å². The molecule has 24 heavy (non-hydrogen) atoms. The van der Waals surface area contributed by atoms with Crippen LogP contribution in [0.25, 0.3) is 0 Å². The van der Waals surface area contributed by atoms with Gasteiger partial charge in [0.05, 0.1) is 11.9 Å². The maximum Gasteiger partial charge on any atom is 0.241 e. The van der Waals surface area contributed by atoms with Gasteiger partial charge in [-0.15, -0.1) is 0 Å². The summed E-state index contributed by atoms with van der Waals surface area (Å²) in [6.07, 6.45) is 1.05. The van der Waals surface area contributed by atoms with Crippen molar-refractivity contribution in [2.45, 2.75) is 6.54 Å². The van der Waals surface area contributed by atoms with Gasteiger partial charge in [0.25, 0.3) is 0 Å². The minimum Gasteiger partial charge on any atom is -0.350 e. The Hall–Kier alpha value is -1.68. The van der Waals surface area contributed by atoms with E-state index < -0.39 is 15.9 Å². The number of halogens is 2. The number of benzene rings is 2. The number of nitrogens with zero attached hydrogens (tertiary/aromatic N) is 1. The van der Waals surface area contributed by atoms with Crippen molar-refractivity contribution in [1.82, 2.24) is 5.32 Å². The van der Waals surface area contributed by atoms with Crippen molar-refractivity contribution < 1.29 is 17.6 Å². The molecular formula is C16H16FIN2O3S. The van der Waals surface area contributed by atoms with Crippen molar-refractivity contribution in [3.05, 3.63) is 63.5 Å². The van der Waals surface area contributed by atoms with Crippen LogP contribution in [-0.4, -0.2) is 27.1 Å². The molecule has 8 heteroatoms. The number of carbonyl (C=O) groups excluding carboxylic acids is 1. The number of sulfonamides is 1. The Balaban J connectivity index is 2.05. The summed E-state index contributed by atoms with van der Waals surface area (Å²) in [5, 5.41) is 2.63. The summed E-state index contributed by atoms with van der Waals surface area (Å²) in [5.41, 5.74) is 1.15. The summed E-state index contributed by atoms with van der Waals surface area (Å²) in [6.45, 7) is -0.121. The minimum atomic E-state index is -3.59. The highest BCUT2D eigenvalue weighted by atomic mass is 127. The maximum atomic E-state index is 12.8. The van der Waals surface area contributed by atoms with E-state index in [1.54, 1.807) is 36.4 Å². The second-order valence-corrected chi connectivity index (χ2v) is 8.30. The largest absolute Gasteiger partial charge is 0.350 e. The van der Waals surface area contributed by atoms with Gasteiger partial charge < -0.3 is 5.32 Å². The van der Waals surface area contributed by atoms with E-state index in [-0.39, 0.29) is 18.9 Å². The Labute approximate surface area is 154 Å². The molecule has 0 aliphatic rings. The van der Waals surface area contributed by atoms with E-state index >= 15 is 0 Å². The van der Waals surface area contributed by atoms with Crippen LogP contribution in [-0.2, 0) is 21.4 Å². The molecule has 0 unspecified atom stereocenters. The predicted octanol–water partition coefficient (Wildman–Crippen LogP) is 2.51. The number of nitrogens with one attached hydrogen (secondary N) is 1. The first-order valence-corrected chi connectivity index (χ1v) is 9.93. The lowest BCUT2D eigenvalue weighted by molar-refractivity contribution is -0.119. The van der Waals surface area contributed by atoms with Gasteiger partial charge in [0.15, 0.2) is 0 Å². The lowest BCUT2D eigenvalue weighted by Gasteiger charge is -2.22. The lowest BCUT2D eigenvalue weighted by Crippen LogP contribution is -2.40. The second kappa shape index (κ2) is 7.93. The van der Waals surface area contributed by atoms with Crippen molar-refractivity contribution in [3.63, 3.8) is 0 Å². The van der Waals surface area contributed by atoms with Crippen molar-refractivity contribution in [3.8, 4) is 0 Å². The van der Waals surface area contributed by atoms with E-state index in [1.807, 2.05) is 0 Å². The number of hydrogen-bond acceptors (Lipinski definition) is 3. The first-order valence-electron chi connectivity index (χ1n) is 7.00. The first kappa shape index (κ1) is 18.7. The lowest BCUT2D eigenvalue weighted by atomic mass is 10.2. The van der Waals surface area contributed by atoms with Crippen LogP contribution < -0.4 is 9.62 Å². The maximum absolute atomic E-state index is 12.8. The molecule has 0 aliphatic carbocycles. The highest BCUT2D eigenvalue weighted by Gasteiger charge is 2.20. The van der Waals surface area contributed by atoms with Crippen LogP contribution in [0.5, 0.6) is 0 Å². The molecule has 0 heterocycles. The zero-order chi connectivity index (χ0) is 17.7. The van der Waals surface area contributed by atoms with Crippen LogP contribution >= 0.6 is 22.6 Å². The molecule has 0 radical (unpaired) electrons. The molecule has 0 atom stereocenters. The van der Waals surface area contributed by atoms with E-state index in [0.717, 1.165) is 19.7 Å². The molecular weight excluding hydrogens is 446 g/mol. The smallest absolute Gasteiger partial charge is 0.241 e. The molecule has 0 saturated heterocycles. The first-order chi connectivity index (χ1) is 11.3. The van der Waals surface area contributed by atoms with Crippen molar-refractivity contribution in [2.24, 2.45) is 0 Å². The molecule has 0 aliphatic heterocycles. The molecule has 1 N–H and O–H groups in total. The highest BCUT2D eigenvalue weighted by Crippen LogP contribution is 2.18. The summed E-state index contributed by atoms with van der Waals surface area (Å²) in [7, 11) is -3.59. The molecule has 0 aromatic heterocycles. The fourth-order valence-electron chi connectivity index (χ4n) is 2.00. The summed E-state index contributed by atoms with van der Waals surface area (Å²) in [5.74, 6) is -0.796. The number of rotatable bonds is 6. The molecule has 0 bridgehead atoms. The third-order valence-corrected chi connectivity index (χ3v) is 5.06. The minimum absolute atomic E-state index is 0.198. The zero-order valence-electron chi connectivity index (χ0n) is 12.9.